The molecule has 0 bridgehead atoms. The lowest BCUT2D eigenvalue weighted by molar-refractivity contribution is 0.415. The highest BCUT2D eigenvalue weighted by molar-refractivity contribution is 5.64. The molecule has 0 amide bonds. The van der Waals surface area contributed by atoms with E-state index in [1.54, 1.807) is 6.07 Å². The normalized spacial score (nSPS) is 15.1. The maximum absolute atomic E-state index is 9.93. The van der Waals surface area contributed by atoms with Gasteiger partial charge in [-0.1, -0.05) is 17.3 Å². The summed E-state index contributed by atoms with van der Waals surface area (Å²) in [6.45, 7) is 1.85. The van der Waals surface area contributed by atoms with E-state index in [1.165, 1.54) is 12.8 Å². The Morgan fingerprint density at radius 1 is 1.41 bits per heavy atom. The number of phenols is 1. The van der Waals surface area contributed by atoms with Gasteiger partial charge >= 0.3 is 0 Å². The van der Waals surface area contributed by atoms with E-state index >= 15 is 0 Å². The van der Waals surface area contributed by atoms with Crippen LogP contribution in [0.5, 0.6) is 5.75 Å². The molecular formula is C13H14N2O2. The molecule has 1 N–H and O–H groups in total. The molecule has 1 aromatic carbocycles. The van der Waals surface area contributed by atoms with Crippen LogP contribution in [0.3, 0.4) is 0 Å². The maximum Gasteiger partial charge on any atom is 0.261 e. The van der Waals surface area contributed by atoms with Crippen molar-refractivity contribution in [3.05, 3.63) is 29.6 Å². The largest absolute Gasteiger partial charge is 0.507 e. The lowest BCUT2D eigenvalue weighted by Gasteiger charge is -2.01. The zero-order valence-corrected chi connectivity index (χ0v) is 9.68. The van der Waals surface area contributed by atoms with E-state index in [4.69, 9.17) is 4.52 Å². The fraction of sp³-hybridized carbons (Fsp3) is 0.385. The van der Waals surface area contributed by atoms with Gasteiger partial charge in [-0.05, 0) is 37.3 Å². The second-order valence-electron chi connectivity index (χ2n) is 4.63. The summed E-state index contributed by atoms with van der Waals surface area (Å²) in [5.74, 6) is 2.09. The molecule has 0 saturated heterocycles. The number of para-hydroxylation sites is 1. The smallest absolute Gasteiger partial charge is 0.261 e. The van der Waals surface area contributed by atoms with Crippen molar-refractivity contribution in [3.63, 3.8) is 0 Å². The topological polar surface area (TPSA) is 59.2 Å². The molecule has 2 aromatic rings. The number of phenolic OH excluding ortho intramolecular Hbond substituents is 1. The van der Waals surface area contributed by atoms with Crippen molar-refractivity contribution in [1.29, 1.82) is 0 Å². The number of nitrogens with zero attached hydrogens (tertiary/aromatic N) is 2. The van der Waals surface area contributed by atoms with Gasteiger partial charge in [0.05, 0.1) is 5.56 Å². The van der Waals surface area contributed by atoms with Crippen LogP contribution >= 0.6 is 0 Å². The fourth-order valence-corrected chi connectivity index (χ4v) is 1.86. The summed E-state index contributed by atoms with van der Waals surface area (Å²) >= 11 is 0. The van der Waals surface area contributed by atoms with Crippen LogP contribution in [0.1, 0.15) is 24.2 Å². The number of hydrogen-bond donors (Lipinski definition) is 1. The number of hydrogen-bond acceptors (Lipinski definition) is 4. The van der Waals surface area contributed by atoms with E-state index in [0.717, 1.165) is 23.7 Å². The highest BCUT2D eigenvalue weighted by atomic mass is 16.5. The molecule has 1 aliphatic carbocycles. The predicted molar refractivity (Wildman–Crippen MR) is 62.6 cm³/mol. The molecule has 0 aliphatic heterocycles. The Balaban J connectivity index is 1.91. The molecule has 0 radical (unpaired) electrons. The van der Waals surface area contributed by atoms with E-state index in [-0.39, 0.29) is 5.75 Å². The molecule has 1 fully saturated rings. The van der Waals surface area contributed by atoms with Crippen molar-refractivity contribution in [2.24, 2.45) is 5.92 Å². The molecule has 17 heavy (non-hydrogen) atoms. The minimum atomic E-state index is 0.217. The van der Waals surface area contributed by atoms with E-state index < -0.39 is 0 Å². The van der Waals surface area contributed by atoms with Gasteiger partial charge in [0.1, 0.15) is 5.75 Å². The molecule has 1 aliphatic rings. The lowest BCUT2D eigenvalue weighted by Crippen LogP contribution is -1.89. The van der Waals surface area contributed by atoms with Gasteiger partial charge < -0.3 is 9.63 Å². The third-order valence-electron chi connectivity index (χ3n) is 3.10. The molecule has 88 valence electrons. The van der Waals surface area contributed by atoms with Crippen LogP contribution < -0.4 is 0 Å². The number of rotatable bonds is 3. The molecule has 0 spiro atoms. The third-order valence-corrected chi connectivity index (χ3v) is 3.10. The first-order valence-electron chi connectivity index (χ1n) is 5.85. The van der Waals surface area contributed by atoms with Gasteiger partial charge in [-0.25, -0.2) is 0 Å². The number of aromatic nitrogens is 2. The molecule has 1 aromatic heterocycles. The predicted octanol–water partition coefficient (Wildman–Crippen LogP) is 2.70. The maximum atomic E-state index is 9.93. The third kappa shape index (κ3) is 2.02. The summed E-state index contributed by atoms with van der Waals surface area (Å²) in [5.41, 5.74) is 1.42. The first-order chi connectivity index (χ1) is 8.24. The average Bonchev–Trinajstić information content (AvgIpc) is 3.00. The molecule has 1 saturated carbocycles. The summed E-state index contributed by atoms with van der Waals surface area (Å²) in [7, 11) is 0. The average molecular weight is 230 g/mol. The molecule has 4 nitrogen and oxygen atoms in total. The summed E-state index contributed by atoms with van der Waals surface area (Å²) in [6, 6.07) is 5.51. The van der Waals surface area contributed by atoms with Crippen LogP contribution in [0.4, 0.5) is 0 Å². The van der Waals surface area contributed by atoms with E-state index in [1.807, 2.05) is 19.1 Å². The second-order valence-corrected chi connectivity index (χ2v) is 4.63. The van der Waals surface area contributed by atoms with Gasteiger partial charge in [-0.3, -0.25) is 0 Å². The van der Waals surface area contributed by atoms with Gasteiger partial charge in [-0.2, -0.15) is 4.98 Å². The quantitative estimate of drug-likeness (QED) is 0.880. The standard InChI is InChI=1S/C13H14N2O2/c1-8-3-2-4-10(12(8)16)13-14-11(15-17-13)7-9-5-6-9/h2-4,9,16H,5-7H2,1H3. The SMILES string of the molecule is Cc1cccc(-c2nc(CC3CC3)no2)c1O. The zero-order valence-electron chi connectivity index (χ0n) is 9.68. The molecular weight excluding hydrogens is 216 g/mol. The number of aryl methyl sites for hydroxylation is 1. The van der Waals surface area contributed by atoms with Crippen molar-refractivity contribution < 1.29 is 9.63 Å². The Labute approximate surface area is 99.3 Å². The Morgan fingerprint density at radius 3 is 3.00 bits per heavy atom. The van der Waals surface area contributed by atoms with Gasteiger partial charge in [0.2, 0.25) is 0 Å². The second kappa shape index (κ2) is 3.87. The zero-order chi connectivity index (χ0) is 11.8. The monoisotopic (exact) mass is 230 g/mol. The highest BCUT2D eigenvalue weighted by Crippen LogP contribution is 2.34. The summed E-state index contributed by atoms with van der Waals surface area (Å²) in [6.07, 6.45) is 3.41. The van der Waals surface area contributed by atoms with Crippen LogP contribution in [0, 0.1) is 12.8 Å². The minimum Gasteiger partial charge on any atom is -0.507 e. The Morgan fingerprint density at radius 2 is 2.24 bits per heavy atom. The summed E-state index contributed by atoms with van der Waals surface area (Å²) in [4.78, 5) is 4.32. The van der Waals surface area contributed by atoms with Crippen LogP contribution in [-0.4, -0.2) is 15.2 Å². The van der Waals surface area contributed by atoms with Crippen LogP contribution in [-0.2, 0) is 6.42 Å². The number of benzene rings is 1. The van der Waals surface area contributed by atoms with Gasteiger partial charge in [0.25, 0.3) is 5.89 Å². The fourth-order valence-electron chi connectivity index (χ4n) is 1.86. The number of aromatic hydroxyl groups is 1. The van der Waals surface area contributed by atoms with Gasteiger partial charge in [0, 0.05) is 6.42 Å². The van der Waals surface area contributed by atoms with Crippen molar-refractivity contribution in [1.82, 2.24) is 10.1 Å². The Kier molecular flexibility index (Phi) is 2.35. The molecule has 4 heteroatoms. The minimum absolute atomic E-state index is 0.217. The van der Waals surface area contributed by atoms with Crippen molar-refractivity contribution in [2.75, 3.05) is 0 Å². The molecule has 0 atom stereocenters. The summed E-state index contributed by atoms with van der Waals surface area (Å²) in [5, 5.41) is 13.9. The van der Waals surface area contributed by atoms with Crippen LogP contribution in [0.25, 0.3) is 11.5 Å². The lowest BCUT2D eigenvalue weighted by atomic mass is 10.1. The van der Waals surface area contributed by atoms with E-state index in [9.17, 15) is 5.11 Å². The van der Waals surface area contributed by atoms with Gasteiger partial charge in [0.15, 0.2) is 5.82 Å². The first kappa shape index (κ1) is 10.3. The first-order valence-corrected chi connectivity index (χ1v) is 5.85. The van der Waals surface area contributed by atoms with Gasteiger partial charge in [-0.15, -0.1) is 0 Å². The molecule has 3 rings (SSSR count). The van der Waals surface area contributed by atoms with Crippen molar-refractivity contribution in [3.8, 4) is 17.2 Å². The van der Waals surface area contributed by atoms with Crippen LogP contribution in [0.2, 0.25) is 0 Å². The molecule has 1 heterocycles. The molecule has 0 unspecified atom stereocenters. The van der Waals surface area contributed by atoms with Crippen molar-refractivity contribution in [2.45, 2.75) is 26.2 Å². The summed E-state index contributed by atoms with van der Waals surface area (Å²) < 4.78 is 5.19. The Bertz CT molecular complexity index is 544. The van der Waals surface area contributed by atoms with Crippen LogP contribution in [0.15, 0.2) is 22.7 Å². The highest BCUT2D eigenvalue weighted by Gasteiger charge is 2.24. The van der Waals surface area contributed by atoms with Crippen molar-refractivity contribution >= 4 is 0 Å². The Hall–Kier alpha value is -1.84. The van der Waals surface area contributed by atoms with E-state index in [0.29, 0.717) is 11.5 Å². The van der Waals surface area contributed by atoms with E-state index in [2.05, 4.69) is 10.1 Å².